The Balaban J connectivity index is 0.00000361. The van der Waals surface area contributed by atoms with Gasteiger partial charge in [-0.15, -0.1) is 0 Å². The van der Waals surface area contributed by atoms with E-state index >= 15 is 0 Å². The molecule has 0 aromatic carbocycles. The average molecular weight is 322 g/mol. The Bertz CT molecular complexity index is 375. The van der Waals surface area contributed by atoms with Crippen LogP contribution in [0.3, 0.4) is 0 Å². The zero-order chi connectivity index (χ0) is 14.6. The number of hydrogen-bond donors (Lipinski definition) is 0. The molecule has 1 fully saturated rings. The first kappa shape index (κ1) is 20.7. The van der Waals surface area contributed by atoms with Gasteiger partial charge in [0.05, 0.1) is 18.8 Å². The molecule has 5 atom stereocenters. The molecule has 8 nitrogen and oxygen atoms in total. The SMILES string of the molecule is COC1C(OC)[C@@H](C)C(COS(=O)(=O)[O-])O[C@H]1OC.[Na+]. The zero-order valence-electron chi connectivity index (χ0n) is 12.3. The fourth-order valence-electron chi connectivity index (χ4n) is 2.16. The van der Waals surface area contributed by atoms with Crippen LogP contribution in [0.25, 0.3) is 0 Å². The summed E-state index contributed by atoms with van der Waals surface area (Å²) in [5, 5.41) is 0. The van der Waals surface area contributed by atoms with Gasteiger partial charge in [-0.05, 0) is 0 Å². The van der Waals surface area contributed by atoms with E-state index in [4.69, 9.17) is 18.9 Å². The van der Waals surface area contributed by atoms with Crippen LogP contribution in [0.1, 0.15) is 6.92 Å². The predicted molar refractivity (Wildman–Crippen MR) is 62.1 cm³/mol. The Morgan fingerprint density at radius 3 is 2.05 bits per heavy atom. The van der Waals surface area contributed by atoms with Crippen LogP contribution in [0.4, 0.5) is 0 Å². The maximum atomic E-state index is 10.5. The minimum Gasteiger partial charge on any atom is -0.726 e. The van der Waals surface area contributed by atoms with E-state index in [0.29, 0.717) is 0 Å². The van der Waals surface area contributed by atoms with Crippen molar-refractivity contribution in [2.75, 3.05) is 27.9 Å². The van der Waals surface area contributed by atoms with Gasteiger partial charge in [0.25, 0.3) is 0 Å². The van der Waals surface area contributed by atoms with Gasteiger partial charge < -0.3 is 23.5 Å². The van der Waals surface area contributed by atoms with E-state index in [-0.39, 0.29) is 48.2 Å². The molecule has 0 aromatic rings. The number of hydrogen-bond acceptors (Lipinski definition) is 8. The van der Waals surface area contributed by atoms with Crippen molar-refractivity contribution in [1.82, 2.24) is 0 Å². The minimum absolute atomic E-state index is 0. The first-order chi connectivity index (χ1) is 8.84. The van der Waals surface area contributed by atoms with E-state index in [1.807, 2.05) is 0 Å². The molecule has 1 rings (SSSR count). The van der Waals surface area contributed by atoms with Crippen LogP contribution in [-0.4, -0.2) is 65.5 Å². The van der Waals surface area contributed by atoms with Gasteiger partial charge in [-0.25, -0.2) is 8.42 Å². The number of methoxy groups -OCH3 is 3. The molecule has 1 aliphatic heterocycles. The number of ether oxygens (including phenoxy) is 4. The van der Waals surface area contributed by atoms with E-state index in [2.05, 4.69) is 4.18 Å². The van der Waals surface area contributed by atoms with Crippen molar-refractivity contribution in [2.45, 2.75) is 31.5 Å². The molecule has 20 heavy (non-hydrogen) atoms. The summed E-state index contributed by atoms with van der Waals surface area (Å²) < 4.78 is 56.9. The minimum atomic E-state index is -4.76. The Morgan fingerprint density at radius 2 is 1.65 bits per heavy atom. The van der Waals surface area contributed by atoms with Gasteiger partial charge in [0.15, 0.2) is 6.29 Å². The molecule has 1 aliphatic rings. The molecule has 1 saturated heterocycles. The summed E-state index contributed by atoms with van der Waals surface area (Å²) in [6.07, 6.45) is -2.20. The maximum Gasteiger partial charge on any atom is 1.00 e. The van der Waals surface area contributed by atoms with Crippen molar-refractivity contribution < 1.29 is 65.7 Å². The zero-order valence-corrected chi connectivity index (χ0v) is 15.1. The largest absolute Gasteiger partial charge is 1.00 e. The summed E-state index contributed by atoms with van der Waals surface area (Å²) >= 11 is 0. The normalized spacial score (nSPS) is 34.5. The summed E-state index contributed by atoms with van der Waals surface area (Å²) in [4.78, 5) is 0. The second kappa shape index (κ2) is 8.99. The van der Waals surface area contributed by atoms with Gasteiger partial charge in [0, 0.05) is 27.2 Å². The first-order valence-corrected chi connectivity index (χ1v) is 7.01. The van der Waals surface area contributed by atoms with Crippen molar-refractivity contribution in [3.05, 3.63) is 0 Å². The summed E-state index contributed by atoms with van der Waals surface area (Å²) in [6.45, 7) is 1.40. The van der Waals surface area contributed by atoms with Crippen molar-refractivity contribution in [3.8, 4) is 0 Å². The standard InChI is InChI=1S/C10H20O8S.Na/c1-6-7(5-17-19(11,12)13)18-10(16-4)9(15-3)8(6)14-2;/h6-10H,5H2,1-4H3,(H,11,12,13);/q;+1/p-1/t6-,7?,8?,9?,10+;/m0./s1. The molecule has 0 aromatic heterocycles. The van der Waals surface area contributed by atoms with Crippen LogP contribution in [-0.2, 0) is 33.5 Å². The Morgan fingerprint density at radius 1 is 1.10 bits per heavy atom. The fourth-order valence-corrected chi connectivity index (χ4v) is 2.47. The average Bonchev–Trinajstić information content (AvgIpc) is 2.35. The van der Waals surface area contributed by atoms with Gasteiger partial charge in [-0.2, -0.15) is 0 Å². The van der Waals surface area contributed by atoms with Crippen LogP contribution in [0.5, 0.6) is 0 Å². The van der Waals surface area contributed by atoms with Gasteiger partial charge in [0.2, 0.25) is 10.4 Å². The first-order valence-electron chi connectivity index (χ1n) is 5.68. The summed E-state index contributed by atoms with van der Waals surface area (Å²) in [7, 11) is -0.320. The van der Waals surface area contributed by atoms with E-state index in [1.54, 1.807) is 6.92 Å². The molecular formula is C10H19NaO8S. The second-order valence-corrected chi connectivity index (χ2v) is 5.28. The van der Waals surface area contributed by atoms with Crippen molar-refractivity contribution in [2.24, 2.45) is 5.92 Å². The second-order valence-electron chi connectivity index (χ2n) is 4.23. The molecule has 0 N–H and O–H groups in total. The van der Waals surface area contributed by atoms with Gasteiger partial charge in [-0.3, -0.25) is 4.18 Å². The molecule has 1 heterocycles. The number of rotatable bonds is 6. The summed E-state index contributed by atoms with van der Waals surface area (Å²) in [5.41, 5.74) is 0. The molecule has 0 amide bonds. The summed E-state index contributed by atoms with van der Waals surface area (Å²) in [5.74, 6) is -0.233. The fraction of sp³-hybridized carbons (Fsp3) is 1.00. The van der Waals surface area contributed by atoms with Crippen LogP contribution < -0.4 is 29.6 Å². The van der Waals surface area contributed by atoms with E-state index < -0.39 is 28.9 Å². The predicted octanol–water partition coefficient (Wildman–Crippen LogP) is -3.50. The maximum absolute atomic E-state index is 10.5. The van der Waals surface area contributed by atoms with Crippen molar-refractivity contribution in [3.63, 3.8) is 0 Å². The van der Waals surface area contributed by atoms with E-state index in [0.717, 1.165) is 0 Å². The van der Waals surface area contributed by atoms with Crippen LogP contribution >= 0.6 is 0 Å². The molecule has 0 bridgehead atoms. The summed E-state index contributed by atoms with van der Waals surface area (Å²) in [6, 6.07) is 0. The Hall–Kier alpha value is 0.710. The molecule has 10 heteroatoms. The monoisotopic (exact) mass is 322 g/mol. The third-order valence-electron chi connectivity index (χ3n) is 3.16. The molecule has 0 spiro atoms. The molecule has 0 saturated carbocycles. The van der Waals surface area contributed by atoms with Gasteiger partial charge >= 0.3 is 29.6 Å². The van der Waals surface area contributed by atoms with Crippen molar-refractivity contribution >= 4 is 10.4 Å². The van der Waals surface area contributed by atoms with Crippen LogP contribution in [0, 0.1) is 5.92 Å². The quantitative estimate of drug-likeness (QED) is 0.282. The molecular weight excluding hydrogens is 303 g/mol. The van der Waals surface area contributed by atoms with Gasteiger partial charge in [-0.1, -0.05) is 6.92 Å². The third kappa shape index (κ3) is 5.48. The topological polar surface area (TPSA) is 103 Å². The smallest absolute Gasteiger partial charge is 0.726 e. The molecule has 3 unspecified atom stereocenters. The van der Waals surface area contributed by atoms with Crippen LogP contribution in [0.2, 0.25) is 0 Å². The molecule has 0 aliphatic carbocycles. The van der Waals surface area contributed by atoms with E-state index in [9.17, 15) is 13.0 Å². The van der Waals surface area contributed by atoms with E-state index in [1.165, 1.54) is 21.3 Å². The van der Waals surface area contributed by atoms with Gasteiger partial charge in [0.1, 0.15) is 6.10 Å². The van der Waals surface area contributed by atoms with Crippen molar-refractivity contribution in [1.29, 1.82) is 0 Å². The molecule has 114 valence electrons. The van der Waals surface area contributed by atoms with Crippen LogP contribution in [0.15, 0.2) is 0 Å². The third-order valence-corrected chi connectivity index (χ3v) is 3.58. The molecule has 0 radical (unpaired) electrons. The Labute approximate surface area is 141 Å². The Kier molecular flexibility index (Phi) is 9.30.